The zero-order chi connectivity index (χ0) is 71.8. The van der Waals surface area contributed by atoms with Crippen molar-refractivity contribution < 1.29 is 63.0 Å². The van der Waals surface area contributed by atoms with Gasteiger partial charge in [-0.2, -0.15) is 0 Å². The van der Waals surface area contributed by atoms with Gasteiger partial charge in [-0.1, -0.05) is 159 Å². The van der Waals surface area contributed by atoms with Crippen molar-refractivity contribution in [1.29, 1.82) is 0 Å². The molecule has 0 radical (unpaired) electrons. The molecule has 1 heterocycles. The molecular weight excluding hydrogens is 1320 g/mol. The van der Waals surface area contributed by atoms with Gasteiger partial charge in [0.25, 0.3) is 0 Å². The molecule has 28 heteroatoms. The van der Waals surface area contributed by atoms with Gasteiger partial charge in [0.05, 0.1) is 29.2 Å². The van der Waals surface area contributed by atoms with Gasteiger partial charge in [0.2, 0.25) is 59.1 Å². The average molecular weight is 1400 g/mol. The number of hydrogen-bond donors (Lipinski definition) is 15. The van der Waals surface area contributed by atoms with Gasteiger partial charge in [0.15, 0.2) is 5.11 Å². The summed E-state index contributed by atoms with van der Waals surface area (Å²) in [7, 11) is 0. The van der Waals surface area contributed by atoms with Crippen LogP contribution in [-0.4, -0.2) is 148 Å². The van der Waals surface area contributed by atoms with Crippen LogP contribution in [0.2, 0.25) is 0 Å². The van der Waals surface area contributed by atoms with Crippen LogP contribution >= 0.6 is 24.0 Å². The number of carboxylic acid groups (broad SMARTS) is 1. The number of primary amides is 1. The molecule has 26 nitrogen and oxygen atoms in total. The predicted molar refractivity (Wildman–Crippen MR) is 384 cm³/mol. The Labute approximate surface area is 587 Å². The number of carbonyl (C=O) groups is 11. The summed E-state index contributed by atoms with van der Waals surface area (Å²) in [5.74, 6) is -8.11. The minimum absolute atomic E-state index is 0.00651. The highest BCUT2D eigenvalue weighted by atomic mass is 32.2. The lowest BCUT2D eigenvalue weighted by atomic mass is 9.84. The summed E-state index contributed by atoms with van der Waals surface area (Å²) in [5.41, 5.74) is 11.1. The maximum absolute atomic E-state index is 14.2. The van der Waals surface area contributed by atoms with Crippen molar-refractivity contribution in [1.82, 2.24) is 52.8 Å². The van der Waals surface area contributed by atoms with E-state index in [-0.39, 0.29) is 112 Å². The number of thiocarbonyl (C=S) groups is 1. The summed E-state index contributed by atoms with van der Waals surface area (Å²) in [5, 5.41) is 50.5. The lowest BCUT2D eigenvalue weighted by Gasteiger charge is -2.35. The number of rotatable bonds is 39. The third kappa shape index (κ3) is 24.1. The number of nitrogens with one attached hydrogen (secondary N) is 12. The fourth-order valence-corrected chi connectivity index (χ4v) is 12.3. The monoisotopic (exact) mass is 1400 g/mol. The number of anilines is 2. The summed E-state index contributed by atoms with van der Waals surface area (Å²) in [6, 6.07) is 44.4. The molecule has 0 aliphatic rings. The van der Waals surface area contributed by atoms with Crippen LogP contribution in [0.5, 0.6) is 5.75 Å². The number of benzene rings is 6. The number of aliphatic carboxylic acids is 1. The molecule has 0 saturated heterocycles. The van der Waals surface area contributed by atoms with E-state index in [0.29, 0.717) is 29.7 Å². The number of carboxylic acids is 1. The van der Waals surface area contributed by atoms with Crippen molar-refractivity contribution in [3.8, 4) is 5.75 Å². The number of fused-ring (bicyclic) bond motifs is 1. The van der Waals surface area contributed by atoms with Crippen LogP contribution in [0.15, 0.2) is 170 Å². The fraction of sp³-hybridized carbons (Fsp3) is 0.306. The number of amides is 10. The van der Waals surface area contributed by atoms with Gasteiger partial charge >= 0.3 is 5.97 Å². The number of aromatic amines is 1. The number of phenolic OH excluding ortho intramolecular Hbond substituents is 1. The number of aromatic hydroxyl groups is 1. The van der Waals surface area contributed by atoms with Crippen LogP contribution in [0.25, 0.3) is 10.9 Å². The number of carbonyl (C=O) groups excluding carboxylic acids is 10. The van der Waals surface area contributed by atoms with E-state index in [0.717, 1.165) is 27.6 Å². The zero-order valence-electron chi connectivity index (χ0n) is 55.1. The average Bonchev–Trinajstić information content (AvgIpc) is 1.41. The van der Waals surface area contributed by atoms with Gasteiger partial charge in [-0.25, -0.2) is 0 Å². The Morgan fingerprint density at radius 3 is 1.59 bits per heavy atom. The van der Waals surface area contributed by atoms with Crippen molar-refractivity contribution >= 4 is 116 Å². The minimum Gasteiger partial charge on any atom is -0.506 e. The molecule has 16 N–H and O–H groups in total. The maximum atomic E-state index is 14.2. The number of H-pyrrole nitrogens is 1. The molecule has 6 aromatic carbocycles. The molecule has 1 aromatic heterocycles. The zero-order valence-corrected chi connectivity index (χ0v) is 56.7. The van der Waals surface area contributed by atoms with Gasteiger partial charge in [-0.05, 0) is 70.7 Å². The van der Waals surface area contributed by atoms with E-state index in [1.54, 1.807) is 42.6 Å². The first-order chi connectivity index (χ1) is 48.2. The second kappa shape index (κ2) is 39.3. The molecule has 0 fully saturated rings. The molecule has 100 heavy (non-hydrogen) atoms. The van der Waals surface area contributed by atoms with E-state index >= 15 is 0 Å². The number of unbranched alkanes of at least 4 members (excludes halogenated alkanes) is 1. The highest BCUT2D eigenvalue weighted by molar-refractivity contribution is 8.01. The topological polar surface area (TPSA) is 402 Å². The smallest absolute Gasteiger partial charge is 0.305 e. The standard InChI is InChI=1S/C72H83N13O13S2/c1-2-3-27-54(68(96)85-58(42-66(93)94)70(98)84-56(67(73)95)39-46-18-8-4-9-19-46)83-69(97)57(40-47-43-78-53-28-17-16-26-52(47)53)82-63(90)34-37-76-61(88)32-35-74-60(87)31-36-75-62(89)33-38-77-71(99)80-51-29-30-59(86)55(41-51)81-64(91)44-79-65(92)45-100-72(48-20-10-5-11-21-48,49-22-12-6-13-23-49)50-24-14-7-15-25-50/h4-26,28-30,41,43,54,56-58,78,86H,2-3,27,31-40,42,44-45H2,1H3,(H2,73,95)(H,74,87)(H,75,89)(H,76,88)(H,79,92)(H,81,91)(H,82,90)(H,83,97)(H,84,98)(H,85,96)(H,93,94)(H2,77,80,99)/t54-,56-,57-,58-/m0/s1. The van der Waals surface area contributed by atoms with E-state index in [9.17, 15) is 63.0 Å². The summed E-state index contributed by atoms with van der Waals surface area (Å²) in [6.07, 6.45) is 1.29. The molecule has 7 rings (SSSR count). The first-order valence-corrected chi connectivity index (χ1v) is 34.0. The second-order valence-corrected chi connectivity index (χ2v) is 24.9. The van der Waals surface area contributed by atoms with Crippen LogP contribution in [0.1, 0.15) is 86.1 Å². The first kappa shape index (κ1) is 76.2. The quantitative estimate of drug-likeness (QED) is 0.0110. The lowest BCUT2D eigenvalue weighted by molar-refractivity contribution is -0.141. The molecule has 0 bridgehead atoms. The Bertz CT molecular complexity index is 3870. The molecule has 0 unspecified atom stereocenters. The van der Waals surface area contributed by atoms with Crippen molar-refractivity contribution in [3.63, 3.8) is 0 Å². The number of phenols is 1. The summed E-state index contributed by atoms with van der Waals surface area (Å²) in [4.78, 5) is 147. The number of aromatic nitrogens is 1. The van der Waals surface area contributed by atoms with Crippen molar-refractivity contribution in [2.75, 3.05) is 49.1 Å². The highest BCUT2D eigenvalue weighted by Gasteiger charge is 2.38. The Balaban J connectivity index is 0.793. The van der Waals surface area contributed by atoms with Crippen molar-refractivity contribution in [3.05, 3.63) is 198 Å². The normalized spacial score (nSPS) is 12.2. The fourth-order valence-electron chi connectivity index (χ4n) is 10.7. The molecule has 4 atom stereocenters. The van der Waals surface area contributed by atoms with E-state index in [1.165, 1.54) is 30.0 Å². The Morgan fingerprint density at radius 2 is 1.03 bits per heavy atom. The van der Waals surface area contributed by atoms with Gasteiger partial charge in [-0.3, -0.25) is 52.7 Å². The SMILES string of the molecule is CCCC[C@H](NC(=O)[C@H](Cc1c[nH]c2ccccc12)NC(=O)CCNC(=O)CCNC(=O)CCNC(=O)CCNC(=S)Nc1ccc(O)c(NC(=O)CNC(=O)CSC(c2ccccc2)(c2ccccc2)c2ccccc2)c1)C(=O)N[C@@H](CC(=O)O)C(=O)N[C@@H](Cc1ccccc1)C(N)=O. The predicted octanol–water partition coefficient (Wildman–Crippen LogP) is 4.42. The Hall–Kier alpha value is -11.1. The highest BCUT2D eigenvalue weighted by Crippen LogP contribution is 2.48. The Kier molecular flexibility index (Phi) is 30.0. The second-order valence-electron chi connectivity index (χ2n) is 23.3. The van der Waals surface area contributed by atoms with Crippen molar-refractivity contribution in [2.45, 2.75) is 100 Å². The number of nitrogens with two attached hydrogens (primary N) is 1. The van der Waals surface area contributed by atoms with Gasteiger partial charge in [-0.15, -0.1) is 11.8 Å². The molecule has 0 aliphatic heterocycles. The first-order valence-electron chi connectivity index (χ1n) is 32.6. The summed E-state index contributed by atoms with van der Waals surface area (Å²) in [6.45, 7) is 1.36. The van der Waals surface area contributed by atoms with Crippen LogP contribution in [0.3, 0.4) is 0 Å². The molecule has 7 aromatic rings. The number of hydrogen-bond acceptors (Lipinski definition) is 14. The third-order valence-electron chi connectivity index (χ3n) is 15.8. The van der Waals surface area contributed by atoms with E-state index in [1.807, 2.05) is 116 Å². The van der Waals surface area contributed by atoms with Crippen LogP contribution in [-0.2, 0) is 70.3 Å². The largest absolute Gasteiger partial charge is 0.506 e. The van der Waals surface area contributed by atoms with Crippen molar-refractivity contribution in [2.24, 2.45) is 5.73 Å². The molecule has 10 amide bonds. The Morgan fingerprint density at radius 1 is 0.530 bits per heavy atom. The molecule has 526 valence electrons. The van der Waals surface area contributed by atoms with E-state index in [2.05, 4.69) is 63.5 Å². The number of para-hydroxylation sites is 1. The van der Waals surface area contributed by atoms with Crippen LogP contribution in [0, 0.1) is 0 Å². The summed E-state index contributed by atoms with van der Waals surface area (Å²) < 4.78 is -0.740. The lowest BCUT2D eigenvalue weighted by Crippen LogP contribution is -2.58. The minimum atomic E-state index is -1.68. The maximum Gasteiger partial charge on any atom is 0.305 e. The molecule has 0 aliphatic carbocycles. The third-order valence-corrected chi connectivity index (χ3v) is 17.6. The van der Waals surface area contributed by atoms with E-state index in [4.69, 9.17) is 18.0 Å². The molecule has 0 spiro atoms. The van der Waals surface area contributed by atoms with Gasteiger partial charge in [0.1, 0.15) is 29.9 Å². The van der Waals surface area contributed by atoms with Gasteiger partial charge < -0.3 is 79.4 Å². The number of thioether (sulfide) groups is 1. The van der Waals surface area contributed by atoms with Crippen LogP contribution in [0.4, 0.5) is 11.4 Å². The molecule has 0 saturated carbocycles. The summed E-state index contributed by atoms with van der Waals surface area (Å²) >= 11 is 6.83. The molecular formula is C72H83N13O13S2. The van der Waals surface area contributed by atoms with Crippen LogP contribution < -0.4 is 64.2 Å². The van der Waals surface area contributed by atoms with E-state index < -0.39 is 88.6 Å². The van der Waals surface area contributed by atoms with Gasteiger partial charge in [0, 0.05) is 87.5 Å².